The first-order valence-electron chi connectivity index (χ1n) is 6.51. The average molecular weight is 363 g/mol. The van der Waals surface area contributed by atoms with Gasteiger partial charge in [-0.25, -0.2) is 0 Å². The smallest absolute Gasteiger partial charge is 0.159 e. The minimum Gasteiger partial charge on any atom is -0.353 e. The van der Waals surface area contributed by atoms with E-state index in [0.717, 1.165) is 27.6 Å². The summed E-state index contributed by atoms with van der Waals surface area (Å²) in [5.41, 5.74) is 1.21. The standard InChI is InChI=1S/C16H13BrClN3/c1-21(10-11-6-8-12(17)9-7-11)16-14-5-3-2-4-13(14)15(18)19-20-16/h2-9H,10H2,1H3. The van der Waals surface area contributed by atoms with Gasteiger partial charge in [-0.2, -0.15) is 0 Å². The molecule has 0 amide bonds. The number of anilines is 1. The minimum atomic E-state index is 0.436. The Labute approximate surface area is 136 Å². The maximum absolute atomic E-state index is 6.11. The monoisotopic (exact) mass is 361 g/mol. The summed E-state index contributed by atoms with van der Waals surface area (Å²) in [6.07, 6.45) is 0. The highest BCUT2D eigenvalue weighted by Crippen LogP contribution is 2.28. The second-order valence-corrected chi connectivity index (χ2v) is 6.12. The lowest BCUT2D eigenvalue weighted by molar-refractivity contribution is 0.876. The molecule has 1 aromatic heterocycles. The first-order chi connectivity index (χ1) is 10.1. The molecule has 2 aromatic carbocycles. The number of nitrogens with zero attached hydrogens (tertiary/aromatic N) is 3. The molecule has 0 bridgehead atoms. The Bertz CT molecular complexity index is 774. The van der Waals surface area contributed by atoms with Gasteiger partial charge in [0, 0.05) is 28.8 Å². The van der Waals surface area contributed by atoms with Crippen molar-refractivity contribution in [3.05, 3.63) is 63.7 Å². The van der Waals surface area contributed by atoms with Gasteiger partial charge < -0.3 is 4.90 Å². The Hall–Kier alpha value is -1.65. The molecule has 3 rings (SSSR count). The van der Waals surface area contributed by atoms with E-state index < -0.39 is 0 Å². The summed E-state index contributed by atoms with van der Waals surface area (Å²) in [6.45, 7) is 0.758. The highest BCUT2D eigenvalue weighted by atomic mass is 79.9. The minimum absolute atomic E-state index is 0.436. The van der Waals surface area contributed by atoms with Crippen LogP contribution in [-0.2, 0) is 6.54 Å². The van der Waals surface area contributed by atoms with Gasteiger partial charge in [0.1, 0.15) is 0 Å². The van der Waals surface area contributed by atoms with Crippen LogP contribution in [0.15, 0.2) is 53.0 Å². The van der Waals surface area contributed by atoms with Gasteiger partial charge >= 0.3 is 0 Å². The Morgan fingerprint density at radius 2 is 1.67 bits per heavy atom. The zero-order valence-electron chi connectivity index (χ0n) is 11.4. The van der Waals surface area contributed by atoms with Crippen molar-refractivity contribution in [3.63, 3.8) is 0 Å². The number of rotatable bonds is 3. The normalized spacial score (nSPS) is 10.8. The third-order valence-corrected chi connectivity index (χ3v) is 4.13. The average Bonchev–Trinajstić information content (AvgIpc) is 2.50. The van der Waals surface area contributed by atoms with E-state index in [-0.39, 0.29) is 0 Å². The quantitative estimate of drug-likeness (QED) is 0.677. The van der Waals surface area contributed by atoms with Crippen LogP contribution in [0.25, 0.3) is 10.8 Å². The molecular formula is C16H13BrClN3. The van der Waals surface area contributed by atoms with Crippen molar-refractivity contribution in [3.8, 4) is 0 Å². The summed E-state index contributed by atoms with van der Waals surface area (Å²) < 4.78 is 1.07. The van der Waals surface area contributed by atoms with Crippen molar-refractivity contribution in [2.75, 3.05) is 11.9 Å². The molecule has 0 radical (unpaired) electrons. The molecule has 1 heterocycles. The maximum atomic E-state index is 6.11. The highest BCUT2D eigenvalue weighted by molar-refractivity contribution is 9.10. The van der Waals surface area contributed by atoms with E-state index in [4.69, 9.17) is 11.6 Å². The number of hydrogen-bond donors (Lipinski definition) is 0. The van der Waals surface area contributed by atoms with Crippen LogP contribution in [0.5, 0.6) is 0 Å². The fourth-order valence-electron chi connectivity index (χ4n) is 2.28. The van der Waals surface area contributed by atoms with Crippen LogP contribution in [0.2, 0.25) is 5.15 Å². The molecule has 0 atom stereocenters. The van der Waals surface area contributed by atoms with E-state index in [1.807, 2.05) is 43.4 Å². The second kappa shape index (κ2) is 6.00. The maximum Gasteiger partial charge on any atom is 0.159 e. The summed E-state index contributed by atoms with van der Waals surface area (Å²) in [4.78, 5) is 2.08. The highest BCUT2D eigenvalue weighted by Gasteiger charge is 2.11. The molecule has 0 spiro atoms. The van der Waals surface area contributed by atoms with Crippen LogP contribution in [0.1, 0.15) is 5.56 Å². The number of aromatic nitrogens is 2. The zero-order valence-corrected chi connectivity index (χ0v) is 13.8. The lowest BCUT2D eigenvalue weighted by Gasteiger charge is -2.19. The van der Waals surface area contributed by atoms with Crippen molar-refractivity contribution in [2.45, 2.75) is 6.54 Å². The van der Waals surface area contributed by atoms with Crippen molar-refractivity contribution in [1.29, 1.82) is 0 Å². The SMILES string of the molecule is CN(Cc1ccc(Br)cc1)c1nnc(Cl)c2ccccc12. The van der Waals surface area contributed by atoms with Crippen molar-refractivity contribution in [2.24, 2.45) is 0 Å². The third kappa shape index (κ3) is 3.01. The Kier molecular flexibility index (Phi) is 4.08. The third-order valence-electron chi connectivity index (χ3n) is 3.32. The number of fused-ring (bicyclic) bond motifs is 1. The molecule has 21 heavy (non-hydrogen) atoms. The largest absolute Gasteiger partial charge is 0.353 e. The van der Waals surface area contributed by atoms with Crippen LogP contribution in [0.4, 0.5) is 5.82 Å². The van der Waals surface area contributed by atoms with Crippen LogP contribution in [-0.4, -0.2) is 17.2 Å². The molecule has 0 aliphatic heterocycles. The second-order valence-electron chi connectivity index (χ2n) is 4.84. The van der Waals surface area contributed by atoms with Crippen LogP contribution in [0, 0.1) is 0 Å². The van der Waals surface area contributed by atoms with Crippen LogP contribution >= 0.6 is 27.5 Å². The van der Waals surface area contributed by atoms with Gasteiger partial charge in [-0.1, -0.05) is 63.9 Å². The Morgan fingerprint density at radius 1 is 1.00 bits per heavy atom. The van der Waals surface area contributed by atoms with Gasteiger partial charge in [-0.15, -0.1) is 10.2 Å². The van der Waals surface area contributed by atoms with Gasteiger partial charge in [-0.3, -0.25) is 0 Å². The predicted molar refractivity (Wildman–Crippen MR) is 90.8 cm³/mol. The summed E-state index contributed by atoms with van der Waals surface area (Å²) in [7, 11) is 2.01. The predicted octanol–water partition coefficient (Wildman–Crippen LogP) is 4.68. The molecule has 0 unspecified atom stereocenters. The molecule has 0 aliphatic carbocycles. The molecule has 0 saturated carbocycles. The molecule has 0 N–H and O–H groups in total. The van der Waals surface area contributed by atoms with Crippen LogP contribution in [0.3, 0.4) is 0 Å². The molecule has 0 aliphatic rings. The van der Waals surface area contributed by atoms with Gasteiger partial charge in [0.05, 0.1) is 0 Å². The van der Waals surface area contributed by atoms with Crippen molar-refractivity contribution in [1.82, 2.24) is 10.2 Å². The summed E-state index contributed by atoms with van der Waals surface area (Å²) in [5.74, 6) is 0.831. The molecule has 3 nitrogen and oxygen atoms in total. The fraction of sp³-hybridized carbons (Fsp3) is 0.125. The van der Waals surface area contributed by atoms with Crippen LogP contribution < -0.4 is 4.90 Å². The Balaban J connectivity index is 1.96. The summed E-state index contributed by atoms with van der Waals surface area (Å²) in [6, 6.07) is 16.2. The summed E-state index contributed by atoms with van der Waals surface area (Å²) in [5, 5.41) is 10.7. The van der Waals surface area contributed by atoms with Crippen molar-refractivity contribution >= 4 is 44.1 Å². The van der Waals surface area contributed by atoms with Gasteiger partial charge in [-0.05, 0) is 17.7 Å². The zero-order chi connectivity index (χ0) is 14.8. The van der Waals surface area contributed by atoms with E-state index in [2.05, 4.69) is 43.2 Å². The fourth-order valence-corrected chi connectivity index (χ4v) is 2.74. The first kappa shape index (κ1) is 14.3. The van der Waals surface area contributed by atoms with E-state index in [1.54, 1.807) is 0 Å². The van der Waals surface area contributed by atoms with Gasteiger partial charge in [0.25, 0.3) is 0 Å². The van der Waals surface area contributed by atoms with E-state index in [9.17, 15) is 0 Å². The lowest BCUT2D eigenvalue weighted by atomic mass is 10.1. The van der Waals surface area contributed by atoms with E-state index in [0.29, 0.717) is 5.15 Å². The topological polar surface area (TPSA) is 29.0 Å². The number of benzene rings is 2. The molecule has 3 aromatic rings. The molecule has 0 fully saturated rings. The first-order valence-corrected chi connectivity index (χ1v) is 7.69. The lowest BCUT2D eigenvalue weighted by Crippen LogP contribution is -2.18. The molecular weight excluding hydrogens is 350 g/mol. The van der Waals surface area contributed by atoms with E-state index >= 15 is 0 Å². The number of hydrogen-bond acceptors (Lipinski definition) is 3. The van der Waals surface area contributed by atoms with E-state index in [1.165, 1.54) is 5.56 Å². The molecule has 106 valence electrons. The van der Waals surface area contributed by atoms with Crippen molar-refractivity contribution < 1.29 is 0 Å². The van der Waals surface area contributed by atoms with Gasteiger partial charge in [0.15, 0.2) is 11.0 Å². The molecule has 5 heteroatoms. The Morgan fingerprint density at radius 3 is 2.38 bits per heavy atom. The summed E-state index contributed by atoms with van der Waals surface area (Å²) >= 11 is 9.56. The molecule has 0 saturated heterocycles. The van der Waals surface area contributed by atoms with Gasteiger partial charge in [0.2, 0.25) is 0 Å². The number of halogens is 2.